The first kappa shape index (κ1) is 25.1. The maximum atomic E-state index is 13.7. The lowest BCUT2D eigenvalue weighted by Crippen LogP contribution is -2.51. The molecule has 1 unspecified atom stereocenters. The van der Waals surface area contributed by atoms with E-state index < -0.39 is 5.60 Å². The Morgan fingerprint density at radius 1 is 1.20 bits per heavy atom. The topological polar surface area (TPSA) is 70.1 Å². The van der Waals surface area contributed by atoms with E-state index in [4.69, 9.17) is 21.3 Å². The summed E-state index contributed by atoms with van der Waals surface area (Å²) in [7, 11) is 0. The first-order valence-corrected chi connectivity index (χ1v) is 12.1. The average molecular weight is 500 g/mol. The van der Waals surface area contributed by atoms with Crippen LogP contribution in [0.25, 0.3) is 0 Å². The summed E-state index contributed by atoms with van der Waals surface area (Å²) in [5.41, 5.74) is 2.95. The Labute approximate surface area is 210 Å². The van der Waals surface area contributed by atoms with Gasteiger partial charge in [0.1, 0.15) is 23.2 Å². The number of aromatic nitrogens is 1. The molecule has 2 aliphatic rings. The number of halogens is 2. The third-order valence-electron chi connectivity index (χ3n) is 5.98. The van der Waals surface area contributed by atoms with E-state index in [9.17, 15) is 9.18 Å². The summed E-state index contributed by atoms with van der Waals surface area (Å²) in [6.07, 6.45) is 1.44. The third kappa shape index (κ3) is 6.18. The van der Waals surface area contributed by atoms with Crippen LogP contribution >= 0.6 is 11.6 Å². The maximum absolute atomic E-state index is 13.7. The van der Waals surface area contributed by atoms with Crippen LogP contribution in [0.5, 0.6) is 0 Å². The van der Waals surface area contributed by atoms with Crippen molar-refractivity contribution in [2.75, 3.05) is 32.7 Å². The molecule has 0 aliphatic carbocycles. The monoisotopic (exact) mass is 499 g/mol. The normalized spacial score (nSPS) is 19.3. The van der Waals surface area contributed by atoms with Crippen LogP contribution in [0.3, 0.4) is 0 Å². The van der Waals surface area contributed by atoms with E-state index in [1.807, 2.05) is 45.9 Å². The van der Waals surface area contributed by atoms with Crippen LogP contribution in [0.4, 0.5) is 9.18 Å². The lowest BCUT2D eigenvalue weighted by Gasteiger charge is -2.37. The molecule has 2 aliphatic heterocycles. The zero-order valence-corrected chi connectivity index (χ0v) is 21.3. The SMILES string of the molecule is CC1=C(CN2CCN(C(=O)OC(C)(C)C)CC2)NC(c2ccccn2)=NC1c1ccc(F)cc1Cl. The molecule has 4 rings (SSSR count). The zero-order chi connectivity index (χ0) is 25.2. The lowest BCUT2D eigenvalue weighted by atomic mass is 9.96. The van der Waals surface area contributed by atoms with E-state index in [1.54, 1.807) is 17.2 Å². The first-order valence-electron chi connectivity index (χ1n) is 11.7. The van der Waals surface area contributed by atoms with Gasteiger partial charge in [0, 0.05) is 49.6 Å². The van der Waals surface area contributed by atoms with Crippen LogP contribution in [0.2, 0.25) is 5.02 Å². The summed E-state index contributed by atoms with van der Waals surface area (Å²) >= 11 is 6.43. The fourth-order valence-corrected chi connectivity index (χ4v) is 4.40. The number of amides is 1. The molecule has 0 saturated carbocycles. The zero-order valence-electron chi connectivity index (χ0n) is 20.5. The number of carbonyl (C=O) groups is 1. The van der Waals surface area contributed by atoms with Gasteiger partial charge >= 0.3 is 6.09 Å². The number of benzene rings is 1. The van der Waals surface area contributed by atoms with Gasteiger partial charge in [-0.25, -0.2) is 9.18 Å². The Balaban J connectivity index is 1.54. The summed E-state index contributed by atoms with van der Waals surface area (Å²) in [4.78, 5) is 25.8. The predicted molar refractivity (Wildman–Crippen MR) is 135 cm³/mol. The van der Waals surface area contributed by atoms with Crippen LogP contribution < -0.4 is 5.32 Å². The quantitative estimate of drug-likeness (QED) is 0.655. The van der Waals surface area contributed by atoms with Gasteiger partial charge in [0.05, 0.1) is 0 Å². The second-order valence-electron chi connectivity index (χ2n) is 9.79. The Morgan fingerprint density at radius 3 is 2.57 bits per heavy atom. The number of carbonyl (C=O) groups excluding carboxylic acids is 1. The van der Waals surface area contributed by atoms with Crippen molar-refractivity contribution in [2.24, 2.45) is 4.99 Å². The standard InChI is InChI=1S/C26H31ClFN5O2/c1-17-22(16-32-11-13-33(14-12-32)25(34)35-26(2,3)4)30-24(21-7-5-6-10-29-21)31-23(17)19-9-8-18(28)15-20(19)27/h5-10,15,23H,11-14,16H2,1-4H3,(H,30,31). The molecule has 1 fully saturated rings. The lowest BCUT2D eigenvalue weighted by molar-refractivity contribution is 0.0151. The first-order chi connectivity index (χ1) is 16.6. The second kappa shape index (κ2) is 10.3. The summed E-state index contributed by atoms with van der Waals surface area (Å²) in [5.74, 6) is 0.260. The van der Waals surface area contributed by atoms with Crippen LogP contribution in [0.1, 0.15) is 45.0 Å². The summed E-state index contributed by atoms with van der Waals surface area (Å²) < 4.78 is 19.2. The van der Waals surface area contributed by atoms with Crippen molar-refractivity contribution in [2.45, 2.75) is 39.3 Å². The van der Waals surface area contributed by atoms with Crippen molar-refractivity contribution in [1.82, 2.24) is 20.1 Å². The Hall–Kier alpha value is -2.97. The molecule has 186 valence electrons. The van der Waals surface area contributed by atoms with Gasteiger partial charge in [0.25, 0.3) is 0 Å². The largest absolute Gasteiger partial charge is 0.444 e. The van der Waals surface area contributed by atoms with Crippen molar-refractivity contribution >= 4 is 23.5 Å². The Kier molecular flexibility index (Phi) is 7.42. The molecular weight excluding hydrogens is 469 g/mol. The smallest absolute Gasteiger partial charge is 0.410 e. The van der Waals surface area contributed by atoms with Gasteiger partial charge in [-0.05, 0) is 63.1 Å². The highest BCUT2D eigenvalue weighted by molar-refractivity contribution is 6.31. The van der Waals surface area contributed by atoms with E-state index in [1.165, 1.54) is 12.1 Å². The molecule has 1 aromatic carbocycles. The number of hydrogen-bond acceptors (Lipinski definition) is 6. The summed E-state index contributed by atoms with van der Waals surface area (Å²) in [6, 6.07) is 9.71. The number of rotatable bonds is 4. The van der Waals surface area contributed by atoms with Crippen molar-refractivity contribution in [1.29, 1.82) is 0 Å². The van der Waals surface area contributed by atoms with Crippen LogP contribution in [-0.4, -0.2) is 65.0 Å². The van der Waals surface area contributed by atoms with Crippen molar-refractivity contribution in [3.63, 3.8) is 0 Å². The molecule has 1 amide bonds. The van der Waals surface area contributed by atoms with Crippen LogP contribution in [-0.2, 0) is 4.74 Å². The van der Waals surface area contributed by atoms with Gasteiger partial charge in [0.2, 0.25) is 0 Å². The number of nitrogens with one attached hydrogen (secondary N) is 1. The highest BCUT2D eigenvalue weighted by Gasteiger charge is 2.29. The predicted octanol–water partition coefficient (Wildman–Crippen LogP) is 4.79. The van der Waals surface area contributed by atoms with Gasteiger partial charge in [-0.15, -0.1) is 0 Å². The number of aliphatic imine (C=N–C) groups is 1. The Bertz CT molecular complexity index is 1140. The number of piperazine rings is 1. The molecule has 7 nitrogen and oxygen atoms in total. The van der Waals surface area contributed by atoms with Crippen molar-refractivity contribution in [3.05, 3.63) is 76.0 Å². The van der Waals surface area contributed by atoms with Crippen molar-refractivity contribution < 1.29 is 13.9 Å². The average Bonchev–Trinajstić information content (AvgIpc) is 2.81. The number of nitrogens with zero attached hydrogens (tertiary/aromatic N) is 4. The molecule has 1 aromatic heterocycles. The second-order valence-corrected chi connectivity index (χ2v) is 10.2. The molecule has 9 heteroatoms. The molecular formula is C26H31ClFN5O2. The molecule has 35 heavy (non-hydrogen) atoms. The Morgan fingerprint density at radius 2 is 1.94 bits per heavy atom. The molecule has 2 aromatic rings. The van der Waals surface area contributed by atoms with Gasteiger partial charge in [-0.1, -0.05) is 23.7 Å². The third-order valence-corrected chi connectivity index (χ3v) is 6.31. The van der Waals surface area contributed by atoms with Crippen LogP contribution in [0.15, 0.2) is 58.9 Å². The molecule has 0 spiro atoms. The number of pyridine rings is 1. The fourth-order valence-electron chi connectivity index (χ4n) is 4.13. The fraction of sp³-hybridized carbons (Fsp3) is 0.423. The number of amidine groups is 1. The van der Waals surface area contributed by atoms with E-state index in [0.29, 0.717) is 30.5 Å². The minimum atomic E-state index is -0.514. The van der Waals surface area contributed by atoms with E-state index in [2.05, 4.69) is 15.2 Å². The molecule has 1 saturated heterocycles. The minimum absolute atomic E-state index is 0.279. The number of hydrogen-bond donors (Lipinski definition) is 1. The minimum Gasteiger partial charge on any atom is -0.444 e. The van der Waals surface area contributed by atoms with Gasteiger partial charge < -0.3 is 15.0 Å². The molecule has 3 heterocycles. The van der Waals surface area contributed by atoms with E-state index >= 15 is 0 Å². The van der Waals surface area contributed by atoms with Crippen molar-refractivity contribution in [3.8, 4) is 0 Å². The highest BCUT2D eigenvalue weighted by atomic mass is 35.5. The number of ether oxygens (including phenoxy) is 1. The van der Waals surface area contributed by atoms with E-state index in [0.717, 1.165) is 35.6 Å². The highest BCUT2D eigenvalue weighted by Crippen LogP contribution is 2.35. The molecule has 1 N–H and O–H groups in total. The van der Waals surface area contributed by atoms with Gasteiger partial charge in [0.15, 0.2) is 5.84 Å². The molecule has 0 radical (unpaired) electrons. The van der Waals surface area contributed by atoms with Gasteiger partial charge in [-0.3, -0.25) is 14.9 Å². The van der Waals surface area contributed by atoms with E-state index in [-0.39, 0.29) is 18.0 Å². The molecule has 0 bridgehead atoms. The van der Waals surface area contributed by atoms with Crippen LogP contribution in [0, 0.1) is 5.82 Å². The summed E-state index contributed by atoms with van der Waals surface area (Å²) in [5, 5.41) is 3.80. The summed E-state index contributed by atoms with van der Waals surface area (Å²) in [6.45, 7) is 10.9. The van der Waals surface area contributed by atoms with Gasteiger partial charge in [-0.2, -0.15) is 0 Å². The maximum Gasteiger partial charge on any atom is 0.410 e. The molecule has 1 atom stereocenters.